The molecule has 0 radical (unpaired) electrons. The first-order valence-corrected chi connectivity index (χ1v) is 7.60. The Balaban J connectivity index is 2.02. The SMILES string of the molecule is Cc1ccc(-c2n[nH]c(=S)n2/N=C/c2cc(Cl)ccc2O)cc1. The highest BCUT2D eigenvalue weighted by Gasteiger charge is 2.08. The smallest absolute Gasteiger partial charge is 0.216 e. The Labute approximate surface area is 142 Å². The van der Waals surface area contributed by atoms with E-state index in [0.717, 1.165) is 11.1 Å². The summed E-state index contributed by atoms with van der Waals surface area (Å²) in [6.07, 6.45) is 1.49. The fraction of sp³-hybridized carbons (Fsp3) is 0.0625. The third kappa shape index (κ3) is 3.33. The van der Waals surface area contributed by atoms with Gasteiger partial charge in [-0.1, -0.05) is 41.4 Å². The van der Waals surface area contributed by atoms with E-state index >= 15 is 0 Å². The summed E-state index contributed by atoms with van der Waals surface area (Å²) in [7, 11) is 0. The van der Waals surface area contributed by atoms with Crippen LogP contribution < -0.4 is 0 Å². The molecular weight excluding hydrogens is 332 g/mol. The Kier molecular flexibility index (Phi) is 4.27. The van der Waals surface area contributed by atoms with Crippen LogP contribution in [0, 0.1) is 11.7 Å². The largest absolute Gasteiger partial charge is 0.507 e. The second kappa shape index (κ2) is 6.36. The van der Waals surface area contributed by atoms with Gasteiger partial charge < -0.3 is 5.11 Å². The molecule has 116 valence electrons. The number of phenols is 1. The Bertz CT molecular complexity index is 928. The quantitative estimate of drug-likeness (QED) is 0.554. The van der Waals surface area contributed by atoms with E-state index in [1.165, 1.54) is 17.0 Å². The summed E-state index contributed by atoms with van der Waals surface area (Å²) >= 11 is 11.1. The minimum atomic E-state index is 0.0880. The summed E-state index contributed by atoms with van der Waals surface area (Å²) in [5.41, 5.74) is 2.53. The summed E-state index contributed by atoms with van der Waals surface area (Å²) < 4.78 is 1.86. The van der Waals surface area contributed by atoms with Crippen molar-refractivity contribution in [2.24, 2.45) is 5.10 Å². The average molecular weight is 345 g/mol. The van der Waals surface area contributed by atoms with Gasteiger partial charge in [0.2, 0.25) is 4.77 Å². The van der Waals surface area contributed by atoms with Crippen LogP contribution in [0.25, 0.3) is 11.4 Å². The maximum Gasteiger partial charge on any atom is 0.216 e. The van der Waals surface area contributed by atoms with Gasteiger partial charge in [0.25, 0.3) is 0 Å². The molecule has 0 aliphatic rings. The maximum absolute atomic E-state index is 9.84. The lowest BCUT2D eigenvalue weighted by atomic mass is 10.1. The molecule has 2 aromatic carbocycles. The summed E-state index contributed by atoms with van der Waals surface area (Å²) in [6, 6.07) is 12.6. The molecule has 5 nitrogen and oxygen atoms in total. The van der Waals surface area contributed by atoms with Gasteiger partial charge in [-0.25, -0.2) is 5.10 Å². The van der Waals surface area contributed by atoms with Crippen LogP contribution in [-0.2, 0) is 0 Å². The number of halogens is 1. The molecule has 0 saturated heterocycles. The molecular formula is C16H13ClN4OS. The molecule has 7 heteroatoms. The topological polar surface area (TPSA) is 66.2 Å². The first-order valence-electron chi connectivity index (χ1n) is 6.82. The maximum atomic E-state index is 9.84. The Morgan fingerprint density at radius 3 is 2.74 bits per heavy atom. The molecule has 0 aliphatic carbocycles. The number of aromatic nitrogens is 3. The van der Waals surface area contributed by atoms with Crippen LogP contribution in [0.5, 0.6) is 5.75 Å². The monoisotopic (exact) mass is 344 g/mol. The highest BCUT2D eigenvalue weighted by atomic mass is 35.5. The van der Waals surface area contributed by atoms with Crippen molar-refractivity contribution in [1.29, 1.82) is 0 Å². The average Bonchev–Trinajstić information content (AvgIpc) is 2.90. The molecule has 0 saturated carbocycles. The zero-order valence-corrected chi connectivity index (χ0v) is 13.8. The number of aromatic hydroxyl groups is 1. The number of hydrogen-bond donors (Lipinski definition) is 2. The van der Waals surface area contributed by atoms with E-state index < -0.39 is 0 Å². The number of H-pyrrole nitrogens is 1. The number of nitrogens with one attached hydrogen (secondary N) is 1. The summed E-state index contributed by atoms with van der Waals surface area (Å²) in [5, 5.41) is 21.6. The van der Waals surface area contributed by atoms with Gasteiger partial charge in [-0.05, 0) is 37.3 Å². The Hall–Kier alpha value is -2.44. The number of rotatable bonds is 3. The predicted molar refractivity (Wildman–Crippen MR) is 93.7 cm³/mol. The number of aromatic amines is 1. The molecule has 0 fully saturated rings. The number of nitrogens with zero attached hydrogens (tertiary/aromatic N) is 3. The molecule has 0 unspecified atom stereocenters. The van der Waals surface area contributed by atoms with E-state index in [1.807, 2.05) is 31.2 Å². The molecule has 2 N–H and O–H groups in total. The van der Waals surface area contributed by atoms with Crippen LogP contribution in [0.2, 0.25) is 5.02 Å². The van der Waals surface area contributed by atoms with Gasteiger partial charge in [0.1, 0.15) is 5.75 Å². The second-order valence-electron chi connectivity index (χ2n) is 4.98. The first-order chi connectivity index (χ1) is 11.0. The number of hydrogen-bond acceptors (Lipinski definition) is 4. The van der Waals surface area contributed by atoms with E-state index in [2.05, 4.69) is 15.3 Å². The van der Waals surface area contributed by atoms with Gasteiger partial charge in [-0.15, -0.1) is 0 Å². The van der Waals surface area contributed by atoms with Gasteiger partial charge >= 0.3 is 0 Å². The van der Waals surface area contributed by atoms with Crippen LogP contribution in [-0.4, -0.2) is 26.2 Å². The van der Waals surface area contributed by atoms with E-state index in [9.17, 15) is 5.11 Å². The Morgan fingerprint density at radius 2 is 2.00 bits per heavy atom. The lowest BCUT2D eigenvalue weighted by Crippen LogP contribution is -1.95. The lowest BCUT2D eigenvalue weighted by Gasteiger charge is -2.02. The summed E-state index contributed by atoms with van der Waals surface area (Å²) in [6.45, 7) is 2.01. The number of aryl methyl sites for hydroxylation is 1. The summed E-state index contributed by atoms with van der Waals surface area (Å²) in [5.74, 6) is 0.679. The predicted octanol–water partition coefficient (Wildman–Crippen LogP) is 4.16. The minimum absolute atomic E-state index is 0.0880. The van der Waals surface area contributed by atoms with Crippen molar-refractivity contribution >= 4 is 30.0 Å². The second-order valence-corrected chi connectivity index (χ2v) is 5.80. The van der Waals surface area contributed by atoms with E-state index in [0.29, 0.717) is 21.2 Å². The van der Waals surface area contributed by atoms with Crippen molar-refractivity contribution in [3.05, 3.63) is 63.4 Å². The van der Waals surface area contributed by atoms with Gasteiger partial charge in [-0.2, -0.15) is 14.9 Å². The molecule has 3 rings (SSSR count). The highest BCUT2D eigenvalue weighted by molar-refractivity contribution is 7.71. The van der Waals surface area contributed by atoms with Crippen molar-refractivity contribution in [3.63, 3.8) is 0 Å². The van der Waals surface area contributed by atoms with Gasteiger partial charge in [0.15, 0.2) is 5.82 Å². The molecule has 0 aliphatic heterocycles. The van der Waals surface area contributed by atoms with Crippen LogP contribution >= 0.6 is 23.8 Å². The molecule has 0 spiro atoms. The Morgan fingerprint density at radius 1 is 1.26 bits per heavy atom. The van der Waals surface area contributed by atoms with Gasteiger partial charge in [-0.3, -0.25) is 0 Å². The third-order valence-electron chi connectivity index (χ3n) is 3.26. The van der Waals surface area contributed by atoms with Crippen molar-refractivity contribution in [1.82, 2.24) is 14.9 Å². The lowest BCUT2D eigenvalue weighted by molar-refractivity contribution is 0.474. The third-order valence-corrected chi connectivity index (χ3v) is 3.76. The van der Waals surface area contributed by atoms with Crippen molar-refractivity contribution in [3.8, 4) is 17.1 Å². The fourth-order valence-electron chi connectivity index (χ4n) is 2.04. The van der Waals surface area contributed by atoms with E-state index in [-0.39, 0.29) is 5.75 Å². The van der Waals surface area contributed by atoms with Gasteiger partial charge in [0.05, 0.1) is 6.21 Å². The molecule has 0 bridgehead atoms. The first kappa shape index (κ1) is 15.5. The van der Waals surface area contributed by atoms with Crippen LogP contribution in [0.4, 0.5) is 0 Å². The molecule has 3 aromatic rings. The zero-order chi connectivity index (χ0) is 16.4. The standard InChI is InChI=1S/C16H13ClN4OS/c1-10-2-4-11(5-3-10)15-19-20-16(23)21(15)18-9-12-8-13(17)6-7-14(12)22/h2-9,22H,1H3,(H,20,23)/b18-9+. The van der Waals surface area contributed by atoms with Crippen molar-refractivity contribution < 1.29 is 5.11 Å². The number of phenolic OH excluding ortho intramolecular Hbond substituents is 1. The minimum Gasteiger partial charge on any atom is -0.507 e. The normalized spacial score (nSPS) is 11.2. The molecule has 0 atom stereocenters. The van der Waals surface area contributed by atoms with Crippen molar-refractivity contribution in [2.75, 3.05) is 0 Å². The van der Waals surface area contributed by atoms with Crippen LogP contribution in [0.3, 0.4) is 0 Å². The zero-order valence-electron chi connectivity index (χ0n) is 12.2. The van der Waals surface area contributed by atoms with E-state index in [4.69, 9.17) is 23.8 Å². The van der Waals surface area contributed by atoms with Crippen LogP contribution in [0.1, 0.15) is 11.1 Å². The number of benzene rings is 2. The molecule has 1 aromatic heterocycles. The van der Waals surface area contributed by atoms with E-state index in [1.54, 1.807) is 12.1 Å². The highest BCUT2D eigenvalue weighted by Crippen LogP contribution is 2.21. The molecule has 0 amide bonds. The van der Waals surface area contributed by atoms with Gasteiger partial charge in [0, 0.05) is 16.1 Å². The van der Waals surface area contributed by atoms with Crippen LogP contribution in [0.15, 0.2) is 47.6 Å². The summed E-state index contributed by atoms with van der Waals surface area (Å²) in [4.78, 5) is 0. The molecule has 23 heavy (non-hydrogen) atoms. The van der Waals surface area contributed by atoms with Crippen molar-refractivity contribution in [2.45, 2.75) is 6.92 Å². The molecule has 1 heterocycles. The fourth-order valence-corrected chi connectivity index (χ4v) is 2.40.